The Morgan fingerprint density at radius 2 is 1.94 bits per heavy atom. The lowest BCUT2D eigenvalue weighted by Crippen LogP contribution is -2.35. The molecule has 1 atom stereocenters. The first-order chi connectivity index (χ1) is 8.40. The van der Waals surface area contributed by atoms with Crippen LogP contribution in [-0.2, 0) is 10.0 Å². The van der Waals surface area contributed by atoms with Gasteiger partial charge in [-0.05, 0) is 25.0 Å². The number of aliphatic hydroxyl groups is 1. The fourth-order valence-corrected chi connectivity index (χ4v) is 4.20. The third kappa shape index (κ3) is 4.05. The molecule has 0 saturated carbocycles. The van der Waals surface area contributed by atoms with Gasteiger partial charge in [0.2, 0.25) is 10.0 Å². The summed E-state index contributed by atoms with van der Waals surface area (Å²) in [5.41, 5.74) is 0. The minimum atomic E-state index is -3.48. The molecular formula is C12H21NO3S2. The zero-order valence-electron chi connectivity index (χ0n) is 11.0. The van der Waals surface area contributed by atoms with Crippen LogP contribution in [0.3, 0.4) is 0 Å². The summed E-state index contributed by atoms with van der Waals surface area (Å²) in [6, 6.07) is 3.36. The van der Waals surface area contributed by atoms with Gasteiger partial charge >= 0.3 is 0 Å². The Labute approximate surface area is 113 Å². The van der Waals surface area contributed by atoms with Gasteiger partial charge < -0.3 is 5.11 Å². The van der Waals surface area contributed by atoms with Crippen molar-refractivity contribution in [2.45, 2.75) is 43.9 Å². The van der Waals surface area contributed by atoms with E-state index in [0.717, 1.165) is 17.7 Å². The Kier molecular flexibility index (Phi) is 5.78. The standard InChI is InChI=1S/C12H21NO3S2/c1-4-10(5-2)11(14)8-13-18(15,16)12-7-6-9(3)17-12/h6-7,10-11,13-14H,4-5,8H2,1-3H3. The highest BCUT2D eigenvalue weighted by molar-refractivity contribution is 7.91. The minimum Gasteiger partial charge on any atom is -0.391 e. The average molecular weight is 291 g/mol. The molecule has 104 valence electrons. The molecule has 1 aromatic rings. The minimum absolute atomic E-state index is 0.0750. The summed E-state index contributed by atoms with van der Waals surface area (Å²) in [5.74, 6) is 0.137. The van der Waals surface area contributed by atoms with Crippen molar-refractivity contribution in [3.8, 4) is 0 Å². The van der Waals surface area contributed by atoms with Crippen LogP contribution in [0.1, 0.15) is 31.6 Å². The van der Waals surface area contributed by atoms with E-state index in [0.29, 0.717) is 4.21 Å². The second-order valence-corrected chi connectivity index (χ2v) is 7.64. The topological polar surface area (TPSA) is 66.4 Å². The lowest BCUT2D eigenvalue weighted by molar-refractivity contribution is 0.107. The molecule has 6 heteroatoms. The second-order valence-electron chi connectivity index (χ2n) is 4.36. The molecule has 0 aliphatic heterocycles. The first-order valence-electron chi connectivity index (χ1n) is 6.14. The van der Waals surface area contributed by atoms with E-state index in [-0.39, 0.29) is 12.5 Å². The molecule has 1 aromatic heterocycles. The maximum atomic E-state index is 11.9. The zero-order valence-corrected chi connectivity index (χ0v) is 12.6. The van der Waals surface area contributed by atoms with Crippen molar-refractivity contribution >= 4 is 21.4 Å². The van der Waals surface area contributed by atoms with E-state index in [2.05, 4.69) is 4.72 Å². The first kappa shape index (κ1) is 15.6. The molecule has 1 unspecified atom stereocenters. The van der Waals surface area contributed by atoms with Gasteiger partial charge in [0.25, 0.3) is 0 Å². The van der Waals surface area contributed by atoms with E-state index >= 15 is 0 Å². The maximum Gasteiger partial charge on any atom is 0.250 e. The highest BCUT2D eigenvalue weighted by atomic mass is 32.2. The van der Waals surface area contributed by atoms with Gasteiger partial charge in [0, 0.05) is 11.4 Å². The van der Waals surface area contributed by atoms with E-state index in [1.807, 2.05) is 20.8 Å². The molecule has 0 aliphatic rings. The molecule has 2 N–H and O–H groups in total. The first-order valence-corrected chi connectivity index (χ1v) is 8.44. The van der Waals surface area contributed by atoms with Gasteiger partial charge in [-0.1, -0.05) is 26.7 Å². The summed E-state index contributed by atoms with van der Waals surface area (Å²) >= 11 is 1.23. The van der Waals surface area contributed by atoms with Crippen molar-refractivity contribution in [1.82, 2.24) is 4.72 Å². The molecule has 0 fully saturated rings. The van der Waals surface area contributed by atoms with Gasteiger partial charge in [0.1, 0.15) is 4.21 Å². The predicted molar refractivity (Wildman–Crippen MR) is 74.3 cm³/mol. The van der Waals surface area contributed by atoms with Crippen molar-refractivity contribution in [2.75, 3.05) is 6.54 Å². The second kappa shape index (κ2) is 6.65. The van der Waals surface area contributed by atoms with Gasteiger partial charge in [-0.15, -0.1) is 11.3 Å². The van der Waals surface area contributed by atoms with E-state index in [1.54, 1.807) is 12.1 Å². The molecule has 0 amide bonds. The van der Waals surface area contributed by atoms with E-state index in [9.17, 15) is 13.5 Å². The molecule has 4 nitrogen and oxygen atoms in total. The molecule has 0 aromatic carbocycles. The van der Waals surface area contributed by atoms with Crippen LogP contribution in [0.5, 0.6) is 0 Å². The van der Waals surface area contributed by atoms with E-state index in [1.165, 1.54) is 11.3 Å². The number of aryl methyl sites for hydroxylation is 1. The summed E-state index contributed by atoms with van der Waals surface area (Å²) in [4.78, 5) is 0.955. The molecule has 0 radical (unpaired) electrons. The quantitative estimate of drug-likeness (QED) is 0.809. The Balaban J connectivity index is 2.62. The van der Waals surface area contributed by atoms with Crippen molar-refractivity contribution < 1.29 is 13.5 Å². The molecule has 1 heterocycles. The zero-order chi connectivity index (χ0) is 13.8. The van der Waals surface area contributed by atoms with Gasteiger partial charge in [0.05, 0.1) is 6.10 Å². The number of hydrogen-bond donors (Lipinski definition) is 2. The Morgan fingerprint density at radius 3 is 2.39 bits per heavy atom. The van der Waals surface area contributed by atoms with E-state index < -0.39 is 16.1 Å². The fraction of sp³-hybridized carbons (Fsp3) is 0.667. The maximum absolute atomic E-state index is 11.9. The lowest BCUT2D eigenvalue weighted by Gasteiger charge is -2.20. The van der Waals surface area contributed by atoms with Gasteiger partial charge in [-0.2, -0.15) is 0 Å². The number of aliphatic hydroxyl groups excluding tert-OH is 1. The molecular weight excluding hydrogens is 270 g/mol. The number of rotatable bonds is 7. The van der Waals surface area contributed by atoms with Gasteiger partial charge in [0.15, 0.2) is 0 Å². The van der Waals surface area contributed by atoms with Crippen molar-refractivity contribution in [1.29, 1.82) is 0 Å². The van der Waals surface area contributed by atoms with Crippen LogP contribution in [0.25, 0.3) is 0 Å². The van der Waals surface area contributed by atoms with Gasteiger partial charge in [-0.25, -0.2) is 13.1 Å². The van der Waals surface area contributed by atoms with E-state index in [4.69, 9.17) is 0 Å². The van der Waals surface area contributed by atoms with Gasteiger partial charge in [-0.3, -0.25) is 0 Å². The number of nitrogens with one attached hydrogen (secondary N) is 1. The van der Waals surface area contributed by atoms with Crippen LogP contribution in [0.2, 0.25) is 0 Å². The van der Waals surface area contributed by atoms with Crippen LogP contribution >= 0.6 is 11.3 Å². The van der Waals surface area contributed by atoms with Crippen molar-refractivity contribution in [3.63, 3.8) is 0 Å². The highest BCUT2D eigenvalue weighted by Crippen LogP contribution is 2.20. The van der Waals surface area contributed by atoms with Crippen molar-refractivity contribution in [2.24, 2.45) is 5.92 Å². The number of hydrogen-bond acceptors (Lipinski definition) is 4. The molecule has 1 rings (SSSR count). The smallest absolute Gasteiger partial charge is 0.250 e. The molecule has 0 saturated heterocycles. The summed E-state index contributed by atoms with van der Waals surface area (Å²) < 4.78 is 26.6. The summed E-state index contributed by atoms with van der Waals surface area (Å²) in [6.45, 7) is 5.93. The third-order valence-electron chi connectivity index (χ3n) is 3.06. The SMILES string of the molecule is CCC(CC)C(O)CNS(=O)(=O)c1ccc(C)s1. The summed E-state index contributed by atoms with van der Waals surface area (Å²) in [7, 11) is -3.48. The lowest BCUT2D eigenvalue weighted by atomic mass is 9.97. The molecule has 18 heavy (non-hydrogen) atoms. The van der Waals surface area contributed by atoms with Crippen LogP contribution in [0, 0.1) is 12.8 Å². The van der Waals surface area contributed by atoms with Crippen LogP contribution in [-0.4, -0.2) is 26.2 Å². The third-order valence-corrected chi connectivity index (χ3v) is 5.97. The fourth-order valence-electron chi connectivity index (χ4n) is 1.82. The molecule has 0 spiro atoms. The highest BCUT2D eigenvalue weighted by Gasteiger charge is 2.20. The van der Waals surface area contributed by atoms with Crippen LogP contribution in [0.4, 0.5) is 0 Å². The predicted octanol–water partition coefficient (Wildman–Crippen LogP) is 2.13. The van der Waals surface area contributed by atoms with Crippen LogP contribution in [0.15, 0.2) is 16.3 Å². The number of sulfonamides is 1. The molecule has 0 bridgehead atoms. The average Bonchev–Trinajstić information content (AvgIpc) is 2.76. The molecule has 0 aliphatic carbocycles. The van der Waals surface area contributed by atoms with Crippen molar-refractivity contribution in [3.05, 3.63) is 17.0 Å². The summed E-state index contributed by atoms with van der Waals surface area (Å²) in [6.07, 6.45) is 1.06. The normalized spacial score (nSPS) is 14.1. The Morgan fingerprint density at radius 1 is 1.33 bits per heavy atom. The summed E-state index contributed by atoms with van der Waals surface area (Å²) in [5, 5.41) is 9.90. The number of thiophene rings is 1. The largest absolute Gasteiger partial charge is 0.391 e. The monoisotopic (exact) mass is 291 g/mol. The Hall–Kier alpha value is -0.430. The van der Waals surface area contributed by atoms with Crippen LogP contribution < -0.4 is 4.72 Å². The Bertz CT molecular complexity index is 463.